The van der Waals surface area contributed by atoms with Crippen molar-refractivity contribution in [1.29, 1.82) is 0 Å². The van der Waals surface area contributed by atoms with Crippen molar-refractivity contribution in [2.75, 3.05) is 5.73 Å². The summed E-state index contributed by atoms with van der Waals surface area (Å²) in [5.41, 5.74) is 7.82. The van der Waals surface area contributed by atoms with Gasteiger partial charge in [0, 0.05) is 15.2 Å². The molecule has 0 unspecified atom stereocenters. The highest BCUT2D eigenvalue weighted by Crippen LogP contribution is 2.23. The van der Waals surface area contributed by atoms with Crippen LogP contribution < -0.4 is 5.73 Å². The number of anilines is 1. The summed E-state index contributed by atoms with van der Waals surface area (Å²) in [6.07, 6.45) is 1.75. The van der Waals surface area contributed by atoms with E-state index in [0.29, 0.717) is 12.5 Å². The predicted molar refractivity (Wildman–Crippen MR) is 69.6 cm³/mol. The molecular weight excluding hydrogens is 289 g/mol. The highest BCUT2D eigenvalue weighted by Gasteiger charge is 2.07. The van der Waals surface area contributed by atoms with E-state index in [0.717, 1.165) is 20.8 Å². The number of nitrogens with two attached hydrogens (primary N) is 1. The molecule has 0 aliphatic carbocycles. The summed E-state index contributed by atoms with van der Waals surface area (Å²) in [6, 6.07) is 5.81. The summed E-state index contributed by atoms with van der Waals surface area (Å²) in [5, 5.41) is 0.724. The van der Waals surface area contributed by atoms with Gasteiger partial charge in [0.15, 0.2) is 0 Å². The van der Waals surface area contributed by atoms with E-state index in [2.05, 4.69) is 20.9 Å². The minimum Gasteiger partial charge on any atom is -0.369 e. The van der Waals surface area contributed by atoms with E-state index in [1.165, 1.54) is 0 Å². The van der Waals surface area contributed by atoms with Crippen molar-refractivity contribution in [1.82, 2.24) is 9.55 Å². The first kappa shape index (κ1) is 11.5. The quantitative estimate of drug-likeness (QED) is 0.925. The molecule has 0 radical (unpaired) electrons. The molecule has 0 aliphatic heterocycles. The van der Waals surface area contributed by atoms with E-state index in [1.807, 2.05) is 29.7 Å². The molecule has 0 fully saturated rings. The van der Waals surface area contributed by atoms with Crippen LogP contribution in [0.25, 0.3) is 0 Å². The van der Waals surface area contributed by atoms with Gasteiger partial charge in [-0.15, -0.1) is 0 Å². The lowest BCUT2D eigenvalue weighted by Crippen LogP contribution is -2.06. The smallest absolute Gasteiger partial charge is 0.200 e. The van der Waals surface area contributed by atoms with E-state index in [9.17, 15) is 0 Å². The number of hydrogen-bond donors (Lipinski definition) is 1. The highest BCUT2D eigenvalue weighted by molar-refractivity contribution is 9.10. The predicted octanol–water partition coefficient (Wildman–Crippen LogP) is 3.24. The number of nitrogen functional groups attached to an aromatic ring is 1. The highest BCUT2D eigenvalue weighted by atomic mass is 79.9. The molecule has 5 heteroatoms. The summed E-state index contributed by atoms with van der Waals surface area (Å²) in [6.45, 7) is 2.61. The summed E-state index contributed by atoms with van der Waals surface area (Å²) in [4.78, 5) is 4.05. The lowest BCUT2D eigenvalue weighted by Gasteiger charge is -2.09. The number of rotatable bonds is 2. The molecule has 16 heavy (non-hydrogen) atoms. The SMILES string of the molecule is Cc1cnc(N)n1Cc1ccc(Br)cc1Cl. The van der Waals surface area contributed by atoms with Crippen LogP contribution in [0.5, 0.6) is 0 Å². The van der Waals surface area contributed by atoms with Gasteiger partial charge in [0.25, 0.3) is 0 Å². The third kappa shape index (κ3) is 2.23. The second-order valence-electron chi connectivity index (χ2n) is 3.58. The molecule has 3 nitrogen and oxygen atoms in total. The molecule has 1 aromatic heterocycles. The van der Waals surface area contributed by atoms with Gasteiger partial charge in [-0.3, -0.25) is 0 Å². The van der Waals surface area contributed by atoms with Crippen molar-refractivity contribution in [3.05, 3.63) is 45.1 Å². The maximum absolute atomic E-state index is 6.15. The van der Waals surface area contributed by atoms with Gasteiger partial charge in [0.2, 0.25) is 5.95 Å². The number of imidazole rings is 1. The molecule has 0 atom stereocenters. The normalized spacial score (nSPS) is 10.7. The molecule has 0 aliphatic rings. The summed E-state index contributed by atoms with van der Waals surface area (Å²) < 4.78 is 2.89. The number of hydrogen-bond acceptors (Lipinski definition) is 2. The Morgan fingerprint density at radius 1 is 1.50 bits per heavy atom. The van der Waals surface area contributed by atoms with Crippen LogP contribution in [0.4, 0.5) is 5.95 Å². The number of halogens is 2. The van der Waals surface area contributed by atoms with E-state index >= 15 is 0 Å². The molecule has 0 amide bonds. The monoisotopic (exact) mass is 299 g/mol. The van der Waals surface area contributed by atoms with Crippen LogP contribution >= 0.6 is 27.5 Å². The van der Waals surface area contributed by atoms with Crippen molar-refractivity contribution in [3.63, 3.8) is 0 Å². The Hall–Kier alpha value is -1.000. The standard InChI is InChI=1S/C11H11BrClN3/c1-7-5-15-11(14)16(7)6-8-2-3-9(12)4-10(8)13/h2-5H,6H2,1H3,(H2,14,15). The fourth-order valence-corrected chi connectivity index (χ4v) is 2.24. The molecule has 2 rings (SSSR count). The first-order valence-electron chi connectivity index (χ1n) is 4.79. The third-order valence-corrected chi connectivity index (χ3v) is 3.27. The van der Waals surface area contributed by atoms with Crippen molar-refractivity contribution >= 4 is 33.5 Å². The van der Waals surface area contributed by atoms with Crippen molar-refractivity contribution < 1.29 is 0 Å². The van der Waals surface area contributed by atoms with E-state index < -0.39 is 0 Å². The van der Waals surface area contributed by atoms with Crippen LogP contribution in [-0.4, -0.2) is 9.55 Å². The van der Waals surface area contributed by atoms with Crippen LogP contribution in [-0.2, 0) is 6.54 Å². The Kier molecular flexibility index (Phi) is 3.21. The van der Waals surface area contributed by atoms with Gasteiger partial charge >= 0.3 is 0 Å². The summed E-state index contributed by atoms with van der Waals surface area (Å²) >= 11 is 9.52. The lowest BCUT2D eigenvalue weighted by molar-refractivity contribution is 0.783. The number of nitrogens with zero attached hydrogens (tertiary/aromatic N) is 2. The van der Waals surface area contributed by atoms with Gasteiger partial charge in [-0.05, 0) is 24.6 Å². The minimum atomic E-state index is 0.511. The Labute approximate surface area is 107 Å². The molecule has 0 spiro atoms. The van der Waals surface area contributed by atoms with Crippen LogP contribution in [0.15, 0.2) is 28.9 Å². The number of aryl methyl sites for hydroxylation is 1. The van der Waals surface area contributed by atoms with Gasteiger partial charge in [-0.25, -0.2) is 4.98 Å². The minimum absolute atomic E-state index is 0.511. The number of benzene rings is 1. The lowest BCUT2D eigenvalue weighted by atomic mass is 10.2. The fraction of sp³-hybridized carbons (Fsp3) is 0.182. The zero-order valence-electron chi connectivity index (χ0n) is 8.74. The zero-order chi connectivity index (χ0) is 11.7. The molecule has 1 heterocycles. The molecule has 2 aromatic rings. The van der Waals surface area contributed by atoms with Gasteiger partial charge in [0.05, 0.1) is 12.7 Å². The van der Waals surface area contributed by atoms with Crippen LogP contribution in [0.3, 0.4) is 0 Å². The van der Waals surface area contributed by atoms with E-state index in [1.54, 1.807) is 6.20 Å². The zero-order valence-corrected chi connectivity index (χ0v) is 11.1. The molecular formula is C11H11BrClN3. The second-order valence-corrected chi connectivity index (χ2v) is 4.90. The van der Waals surface area contributed by atoms with E-state index in [4.69, 9.17) is 17.3 Å². The summed E-state index contributed by atoms with van der Waals surface area (Å²) in [7, 11) is 0. The first-order valence-corrected chi connectivity index (χ1v) is 5.96. The number of aromatic nitrogens is 2. The molecule has 2 N–H and O–H groups in total. The molecule has 1 aromatic carbocycles. The van der Waals surface area contributed by atoms with Gasteiger partial charge in [-0.1, -0.05) is 33.6 Å². The largest absolute Gasteiger partial charge is 0.369 e. The molecule has 0 bridgehead atoms. The third-order valence-electron chi connectivity index (χ3n) is 2.43. The topological polar surface area (TPSA) is 43.8 Å². The van der Waals surface area contributed by atoms with Crippen LogP contribution in [0.1, 0.15) is 11.3 Å². The Morgan fingerprint density at radius 3 is 2.81 bits per heavy atom. The fourth-order valence-electron chi connectivity index (χ4n) is 1.51. The van der Waals surface area contributed by atoms with Gasteiger partial charge in [-0.2, -0.15) is 0 Å². The van der Waals surface area contributed by atoms with Crippen LogP contribution in [0.2, 0.25) is 5.02 Å². The average Bonchev–Trinajstić information content (AvgIpc) is 2.53. The molecule has 84 valence electrons. The maximum atomic E-state index is 6.15. The van der Waals surface area contributed by atoms with Crippen molar-refractivity contribution in [3.8, 4) is 0 Å². The van der Waals surface area contributed by atoms with Crippen molar-refractivity contribution in [2.45, 2.75) is 13.5 Å². The second kappa shape index (κ2) is 4.47. The summed E-state index contributed by atoms with van der Waals surface area (Å²) in [5.74, 6) is 0.511. The van der Waals surface area contributed by atoms with E-state index in [-0.39, 0.29) is 0 Å². The maximum Gasteiger partial charge on any atom is 0.200 e. The molecule has 0 saturated carbocycles. The Morgan fingerprint density at radius 2 is 2.25 bits per heavy atom. The van der Waals surface area contributed by atoms with Crippen LogP contribution in [0, 0.1) is 6.92 Å². The molecule has 0 saturated heterocycles. The Balaban J connectivity index is 2.34. The van der Waals surface area contributed by atoms with Crippen molar-refractivity contribution in [2.24, 2.45) is 0 Å². The van der Waals surface area contributed by atoms with Gasteiger partial charge < -0.3 is 10.3 Å². The van der Waals surface area contributed by atoms with Gasteiger partial charge in [0.1, 0.15) is 0 Å². The average molecular weight is 301 g/mol. The first-order chi connectivity index (χ1) is 7.58. The Bertz CT molecular complexity index is 502.